The highest BCUT2D eigenvalue weighted by molar-refractivity contribution is 6.20. The molecule has 2 aliphatic carbocycles. The first-order valence-corrected chi connectivity index (χ1v) is 19.2. The van der Waals surface area contributed by atoms with E-state index in [1.165, 1.54) is 45.3 Å². The first-order chi connectivity index (χ1) is 22.9. The molecular weight excluding hydrogens is 598 g/mol. The molecule has 0 heterocycles. The molecule has 1 amide bonds. The van der Waals surface area contributed by atoms with Crippen LogP contribution in [0.5, 0.6) is 0 Å². The van der Waals surface area contributed by atoms with Crippen molar-refractivity contribution in [3.8, 4) is 0 Å². The zero-order chi connectivity index (χ0) is 35.8. The van der Waals surface area contributed by atoms with E-state index in [0.29, 0.717) is 46.1 Å². The van der Waals surface area contributed by atoms with E-state index in [2.05, 4.69) is 60.7 Å². The van der Waals surface area contributed by atoms with Crippen LogP contribution in [-0.4, -0.2) is 63.0 Å². The molecule has 2 aromatic carbocycles. The number of hydrogen-bond donors (Lipinski definition) is 3. The fraction of sp³-hybridized carbons (Fsp3) is 0.683. The van der Waals surface area contributed by atoms with Crippen LogP contribution in [0.15, 0.2) is 24.3 Å². The summed E-state index contributed by atoms with van der Waals surface area (Å²) < 4.78 is 0. The van der Waals surface area contributed by atoms with Crippen LogP contribution in [0.3, 0.4) is 0 Å². The molecule has 2 aliphatic rings. The molecule has 2 aromatic rings. The minimum atomic E-state index is -1.33. The van der Waals surface area contributed by atoms with Crippen LogP contribution in [0.25, 0.3) is 10.8 Å². The number of carboxylic acid groups (broad SMARTS) is 1. The third kappa shape index (κ3) is 12.3. The fourth-order valence-corrected chi connectivity index (χ4v) is 7.33. The Morgan fingerprint density at radius 1 is 0.646 bits per heavy atom. The number of fused-ring (bicyclic) bond motifs is 1. The van der Waals surface area contributed by atoms with Gasteiger partial charge in [0.15, 0.2) is 5.78 Å². The van der Waals surface area contributed by atoms with E-state index >= 15 is 0 Å². The lowest BCUT2D eigenvalue weighted by molar-refractivity contribution is -0.894. The normalized spacial score (nSPS) is 20.8. The zero-order valence-corrected chi connectivity index (χ0v) is 31.9. The van der Waals surface area contributed by atoms with Crippen LogP contribution < -0.4 is 20.2 Å². The molecule has 0 aliphatic heterocycles. The number of nitrogens with one attached hydrogen (secondary N) is 3. The molecule has 0 aromatic heterocycles. The van der Waals surface area contributed by atoms with Gasteiger partial charge in [0.2, 0.25) is 0 Å². The maximum atomic E-state index is 13.4. The maximum Gasteiger partial charge on any atom is 0.252 e. The molecule has 4 rings (SSSR count). The average Bonchev–Trinajstić information content (AvgIpc) is 3.08. The summed E-state index contributed by atoms with van der Waals surface area (Å²) in [5, 5.41) is 16.1. The van der Waals surface area contributed by atoms with Gasteiger partial charge in [0.1, 0.15) is 0 Å². The first kappa shape index (κ1) is 41.4. The highest BCUT2D eigenvalue weighted by atomic mass is 16.4. The number of Topliss-reactive ketones (excluding diaryl/α,β-unsaturated/α-hetero) is 1. The van der Waals surface area contributed by atoms with Gasteiger partial charge in [-0.1, -0.05) is 44.9 Å². The lowest BCUT2D eigenvalue weighted by atomic mass is 9.79. The van der Waals surface area contributed by atoms with Crippen LogP contribution in [0.4, 0.5) is 0 Å². The van der Waals surface area contributed by atoms with Crippen LogP contribution in [0.2, 0.25) is 0 Å². The van der Waals surface area contributed by atoms with Gasteiger partial charge in [-0.2, -0.15) is 0 Å². The number of carbonyl (C=O) groups excluding carboxylic acids is 3. The van der Waals surface area contributed by atoms with Crippen molar-refractivity contribution in [2.75, 3.05) is 39.3 Å². The Morgan fingerprint density at radius 3 is 1.52 bits per heavy atom. The van der Waals surface area contributed by atoms with Gasteiger partial charge in [-0.25, -0.2) is 0 Å². The summed E-state index contributed by atoms with van der Waals surface area (Å²) in [6, 6.07) is 6.67. The quantitative estimate of drug-likeness (QED) is 0.276. The van der Waals surface area contributed by atoms with Gasteiger partial charge in [-0.05, 0) is 122 Å². The molecule has 7 nitrogen and oxygen atoms in total. The summed E-state index contributed by atoms with van der Waals surface area (Å²) in [6.07, 6.45) is 8.79. The molecule has 7 heteroatoms. The molecule has 2 saturated carbocycles. The fourth-order valence-electron chi connectivity index (χ4n) is 7.33. The average molecular weight is 667 g/mol. The molecule has 0 atom stereocenters. The van der Waals surface area contributed by atoms with Gasteiger partial charge >= 0.3 is 0 Å². The third-order valence-electron chi connectivity index (χ3n) is 11.1. The molecule has 270 valence electrons. The summed E-state index contributed by atoms with van der Waals surface area (Å²) in [5.74, 6) is 0.120. The van der Waals surface area contributed by atoms with Crippen molar-refractivity contribution >= 4 is 28.4 Å². The minimum Gasteiger partial charge on any atom is -0.545 e. The lowest BCUT2D eigenvalue weighted by Gasteiger charge is -2.27. The second kappa shape index (κ2) is 21.3. The number of aromatic carboxylic acids is 1. The van der Waals surface area contributed by atoms with E-state index in [9.17, 15) is 19.5 Å². The third-order valence-corrected chi connectivity index (χ3v) is 11.1. The molecule has 0 spiro atoms. The smallest absolute Gasteiger partial charge is 0.252 e. The number of rotatable bonds is 12. The van der Waals surface area contributed by atoms with Crippen LogP contribution >= 0.6 is 0 Å². The summed E-state index contributed by atoms with van der Waals surface area (Å²) in [4.78, 5) is 42.1. The van der Waals surface area contributed by atoms with E-state index in [1.807, 2.05) is 13.0 Å². The Labute approximate surface area is 292 Å². The molecule has 0 bridgehead atoms. The second-order valence-corrected chi connectivity index (χ2v) is 14.4. The van der Waals surface area contributed by atoms with E-state index in [-0.39, 0.29) is 23.3 Å². The van der Waals surface area contributed by atoms with Crippen molar-refractivity contribution in [3.05, 3.63) is 46.5 Å². The largest absolute Gasteiger partial charge is 0.545 e. The number of benzene rings is 2. The van der Waals surface area contributed by atoms with Gasteiger partial charge < -0.3 is 25.0 Å². The monoisotopic (exact) mass is 667 g/mol. The van der Waals surface area contributed by atoms with Crippen LogP contribution in [0.1, 0.15) is 150 Å². The molecular formula is C41H68N3O4+. The predicted molar refractivity (Wildman–Crippen MR) is 197 cm³/mol. The summed E-state index contributed by atoms with van der Waals surface area (Å²) in [6.45, 7) is 27.3. The van der Waals surface area contributed by atoms with Gasteiger partial charge in [-0.15, -0.1) is 0 Å². The number of ketones is 1. The molecule has 0 unspecified atom stereocenters. The van der Waals surface area contributed by atoms with Crippen LogP contribution in [-0.2, 0) is 0 Å². The molecule has 0 saturated heterocycles. The van der Waals surface area contributed by atoms with E-state index in [0.717, 1.165) is 56.9 Å². The Hall–Kier alpha value is -2.77. The Kier molecular flexibility index (Phi) is 18.4. The lowest BCUT2D eigenvalue weighted by Crippen LogP contribution is -3.11. The highest BCUT2D eigenvalue weighted by Crippen LogP contribution is 2.35. The van der Waals surface area contributed by atoms with Crippen molar-refractivity contribution in [2.24, 2.45) is 17.8 Å². The molecule has 0 radical (unpaired) electrons. The predicted octanol–water partition coefficient (Wildman–Crippen LogP) is 5.08. The van der Waals surface area contributed by atoms with Gasteiger partial charge in [0.25, 0.3) is 5.91 Å². The van der Waals surface area contributed by atoms with E-state index < -0.39 is 5.97 Å². The second-order valence-electron chi connectivity index (χ2n) is 14.4. The number of carbonyl (C=O) groups is 3. The summed E-state index contributed by atoms with van der Waals surface area (Å²) in [5.41, 5.74) is 1.57. The number of carboxylic acids is 1. The number of hydrogen-bond acceptors (Lipinski definition) is 4. The Morgan fingerprint density at radius 2 is 1.08 bits per heavy atom. The van der Waals surface area contributed by atoms with E-state index in [1.54, 1.807) is 21.9 Å². The summed E-state index contributed by atoms with van der Waals surface area (Å²) >= 11 is 0. The topological polar surface area (TPSA) is 95.2 Å². The minimum absolute atomic E-state index is 0.0256. The molecule has 48 heavy (non-hydrogen) atoms. The standard InChI is InChI=1S/C29H37NO4.2C6H15N/c1-17-4-9-20(10-5-17)16-25(31)22-13-8-19(3)26-23(14-15-24(27(22)26)29(33)34)28(32)30-21-11-6-18(2)7-12-21;2*1-4-7(5-2)6-3/h8,13-15,17-18,20-21H,4-7,9-12,16H2,1-3H3,(H,30,32)(H,33,34);2*4-6H2,1-3H3/p+1. The first-order valence-electron chi connectivity index (χ1n) is 19.2. The number of quaternary nitrogens is 2. The Balaban J connectivity index is 0.000000479. The Bertz CT molecular complexity index is 1260. The van der Waals surface area contributed by atoms with Gasteiger partial charge in [0.05, 0.1) is 45.2 Å². The van der Waals surface area contributed by atoms with Crippen molar-refractivity contribution in [1.82, 2.24) is 5.32 Å². The number of amides is 1. The molecule has 3 N–H and O–H groups in total. The SMILES string of the molecule is CC[NH+](CC)CC.CC[NH+](CC)CC.Cc1ccc(C(=O)CC2CCC(C)CC2)c2c(C(=O)[O-])ccc(C(=O)NC3CCC(C)CC3)c12. The van der Waals surface area contributed by atoms with Crippen molar-refractivity contribution in [2.45, 2.75) is 126 Å². The van der Waals surface area contributed by atoms with Crippen molar-refractivity contribution in [3.63, 3.8) is 0 Å². The maximum absolute atomic E-state index is 13.4. The summed E-state index contributed by atoms with van der Waals surface area (Å²) in [7, 11) is 0. The van der Waals surface area contributed by atoms with E-state index in [4.69, 9.17) is 0 Å². The van der Waals surface area contributed by atoms with Crippen molar-refractivity contribution < 1.29 is 29.3 Å². The van der Waals surface area contributed by atoms with Crippen molar-refractivity contribution in [1.29, 1.82) is 0 Å². The zero-order valence-electron chi connectivity index (χ0n) is 31.9. The highest BCUT2D eigenvalue weighted by Gasteiger charge is 2.26. The van der Waals surface area contributed by atoms with Gasteiger partial charge in [0, 0.05) is 34.5 Å². The van der Waals surface area contributed by atoms with Gasteiger partial charge in [-0.3, -0.25) is 9.59 Å². The van der Waals surface area contributed by atoms with Crippen LogP contribution in [0, 0.1) is 24.7 Å². The molecule has 2 fully saturated rings. The number of aryl methyl sites for hydroxylation is 1.